The average molecular weight is 487 g/mol. The molecule has 0 saturated heterocycles. The smallest absolute Gasteiger partial charge is 0.220 e. The van der Waals surface area contributed by atoms with Crippen LogP contribution in [0.4, 0.5) is 5.69 Å². The van der Waals surface area contributed by atoms with Gasteiger partial charge >= 0.3 is 0 Å². The normalized spacial score (nSPS) is 12.6. The van der Waals surface area contributed by atoms with Crippen LogP contribution in [0.5, 0.6) is 23.1 Å². The van der Waals surface area contributed by atoms with Crippen LogP contribution in [0.15, 0.2) is 78.8 Å². The number of anilines is 1. The Hall–Kier alpha value is -4.33. The molecule has 0 spiro atoms. The van der Waals surface area contributed by atoms with E-state index in [1.807, 2.05) is 18.2 Å². The fraction of sp³-hybridized carbons (Fsp3) is 0.250. The summed E-state index contributed by atoms with van der Waals surface area (Å²) in [5.41, 5.74) is 3.41. The molecule has 0 bridgehead atoms. The average Bonchev–Trinajstić information content (AvgIpc) is 2.89. The highest BCUT2D eigenvalue weighted by atomic mass is 16.5. The molecule has 8 heteroatoms. The highest BCUT2D eigenvalue weighted by Gasteiger charge is 2.14. The van der Waals surface area contributed by atoms with Crippen molar-refractivity contribution < 1.29 is 19.0 Å². The van der Waals surface area contributed by atoms with E-state index < -0.39 is 0 Å². The van der Waals surface area contributed by atoms with Crippen molar-refractivity contribution in [2.24, 2.45) is 0 Å². The molecule has 0 radical (unpaired) electrons. The summed E-state index contributed by atoms with van der Waals surface area (Å²) in [6.07, 6.45) is 11.6. The second-order valence-corrected chi connectivity index (χ2v) is 8.42. The van der Waals surface area contributed by atoms with Crippen molar-refractivity contribution in [2.45, 2.75) is 19.8 Å². The Labute approximate surface area is 210 Å². The van der Waals surface area contributed by atoms with E-state index in [4.69, 9.17) is 14.2 Å². The zero-order chi connectivity index (χ0) is 25.5. The molecule has 2 heterocycles. The lowest BCUT2D eigenvalue weighted by Gasteiger charge is -2.24. The van der Waals surface area contributed by atoms with E-state index in [2.05, 4.69) is 34.0 Å². The molecule has 186 valence electrons. The molecular formula is C28H30N4O4. The molecule has 0 fully saturated rings. The maximum atomic E-state index is 12.2. The number of carbonyl (C=O) groups excluding carboxylic acids is 1. The summed E-state index contributed by atoms with van der Waals surface area (Å²) in [6, 6.07) is 9.03. The van der Waals surface area contributed by atoms with Crippen molar-refractivity contribution in [1.82, 2.24) is 14.9 Å². The summed E-state index contributed by atoms with van der Waals surface area (Å²) in [6.45, 7) is 6.68. The van der Waals surface area contributed by atoms with Crippen LogP contribution >= 0.6 is 0 Å². The van der Waals surface area contributed by atoms with Crippen molar-refractivity contribution >= 4 is 22.5 Å². The lowest BCUT2D eigenvalue weighted by molar-refractivity contribution is -0.128. The van der Waals surface area contributed by atoms with Crippen LogP contribution < -0.4 is 19.5 Å². The van der Waals surface area contributed by atoms with Gasteiger partial charge in [0, 0.05) is 42.9 Å². The number of fused-ring (bicyclic) bond motifs is 1. The molecule has 36 heavy (non-hydrogen) atoms. The van der Waals surface area contributed by atoms with Gasteiger partial charge in [0.25, 0.3) is 0 Å². The first-order valence-corrected chi connectivity index (χ1v) is 11.7. The van der Waals surface area contributed by atoms with Crippen molar-refractivity contribution in [3.05, 3.63) is 78.8 Å². The number of rotatable bonds is 10. The Kier molecular flexibility index (Phi) is 7.85. The molecule has 0 atom stereocenters. The SMILES string of the molecule is C=C(CN(CC1=CC=CCC1)C(C)=O)Nc1ccc(Oc2ccnc3cc(OC)c(OC)cc23)nc1. The van der Waals surface area contributed by atoms with Crippen LogP contribution in [0.1, 0.15) is 19.8 Å². The molecule has 1 aromatic carbocycles. The second kappa shape index (κ2) is 11.4. The summed E-state index contributed by atoms with van der Waals surface area (Å²) in [5.74, 6) is 2.22. The molecule has 3 aromatic rings. The lowest BCUT2D eigenvalue weighted by Crippen LogP contribution is -2.33. The predicted octanol–water partition coefficient (Wildman–Crippen LogP) is 5.49. The fourth-order valence-electron chi connectivity index (χ4n) is 3.95. The highest BCUT2D eigenvalue weighted by Crippen LogP contribution is 2.36. The first-order chi connectivity index (χ1) is 17.5. The first-order valence-electron chi connectivity index (χ1n) is 11.7. The minimum absolute atomic E-state index is 0.00843. The monoisotopic (exact) mass is 486 g/mol. The van der Waals surface area contributed by atoms with E-state index in [0.29, 0.717) is 41.9 Å². The molecule has 4 rings (SSSR count). The number of nitrogens with zero attached hydrogens (tertiary/aromatic N) is 3. The standard InChI is InChI=1S/C28H30N4O4/c1-19(17-32(20(2)33)18-21-8-6-5-7-9-21)31-22-10-11-28(30-16-22)36-25-12-13-29-24-15-27(35-4)26(34-3)14-23(24)25/h5-6,8,10-16,31H,1,7,9,17-18H2,2-4H3. The number of pyridine rings is 2. The van der Waals surface area contributed by atoms with Crippen LogP contribution in [0, 0.1) is 0 Å². The van der Waals surface area contributed by atoms with Crippen LogP contribution in [-0.2, 0) is 4.79 Å². The maximum absolute atomic E-state index is 12.2. The third kappa shape index (κ3) is 6.02. The molecule has 1 aliphatic carbocycles. The van der Waals surface area contributed by atoms with Gasteiger partial charge in [-0.15, -0.1) is 0 Å². The fourth-order valence-corrected chi connectivity index (χ4v) is 3.95. The number of methoxy groups -OCH3 is 2. The van der Waals surface area contributed by atoms with Gasteiger partial charge in [0.15, 0.2) is 11.5 Å². The van der Waals surface area contributed by atoms with E-state index in [0.717, 1.165) is 29.4 Å². The minimum Gasteiger partial charge on any atom is -0.493 e. The molecule has 8 nitrogen and oxygen atoms in total. The van der Waals surface area contributed by atoms with Crippen molar-refractivity contribution in [2.75, 3.05) is 32.6 Å². The number of aromatic nitrogens is 2. The number of nitrogens with one attached hydrogen (secondary N) is 1. The number of benzene rings is 1. The van der Waals surface area contributed by atoms with Crippen molar-refractivity contribution in [1.29, 1.82) is 0 Å². The minimum atomic E-state index is 0.00843. The van der Waals surface area contributed by atoms with Crippen LogP contribution in [-0.4, -0.2) is 48.1 Å². The van der Waals surface area contributed by atoms with Gasteiger partial charge in [-0.05, 0) is 31.0 Å². The Bertz CT molecular complexity index is 1320. The molecule has 1 amide bonds. The van der Waals surface area contributed by atoms with E-state index in [1.165, 1.54) is 5.57 Å². The van der Waals surface area contributed by atoms with E-state index in [9.17, 15) is 4.79 Å². The van der Waals surface area contributed by atoms with E-state index >= 15 is 0 Å². The largest absolute Gasteiger partial charge is 0.493 e. The number of allylic oxidation sites excluding steroid dienone is 3. The Morgan fingerprint density at radius 1 is 1.11 bits per heavy atom. The first kappa shape index (κ1) is 24.8. The Morgan fingerprint density at radius 3 is 2.58 bits per heavy atom. The van der Waals surface area contributed by atoms with Crippen molar-refractivity contribution in [3.63, 3.8) is 0 Å². The van der Waals surface area contributed by atoms with Gasteiger partial charge in [-0.2, -0.15) is 0 Å². The second-order valence-electron chi connectivity index (χ2n) is 8.42. The molecular weight excluding hydrogens is 456 g/mol. The van der Waals surface area contributed by atoms with Gasteiger partial charge in [-0.1, -0.05) is 30.4 Å². The van der Waals surface area contributed by atoms with Crippen LogP contribution in [0.3, 0.4) is 0 Å². The van der Waals surface area contributed by atoms with E-state index in [-0.39, 0.29) is 5.91 Å². The maximum Gasteiger partial charge on any atom is 0.220 e. The third-order valence-corrected chi connectivity index (χ3v) is 5.80. The molecule has 1 aliphatic rings. The van der Waals surface area contributed by atoms with Gasteiger partial charge in [0.05, 0.1) is 38.2 Å². The van der Waals surface area contributed by atoms with Gasteiger partial charge in [0.2, 0.25) is 11.8 Å². The van der Waals surface area contributed by atoms with Crippen LogP contribution in [0.2, 0.25) is 0 Å². The predicted molar refractivity (Wildman–Crippen MR) is 141 cm³/mol. The number of hydrogen-bond donors (Lipinski definition) is 1. The number of carbonyl (C=O) groups is 1. The van der Waals surface area contributed by atoms with Gasteiger partial charge < -0.3 is 24.4 Å². The van der Waals surface area contributed by atoms with E-state index in [1.54, 1.807) is 56.6 Å². The summed E-state index contributed by atoms with van der Waals surface area (Å²) in [7, 11) is 3.17. The lowest BCUT2D eigenvalue weighted by atomic mass is 10.0. The Balaban J connectivity index is 1.42. The number of hydrogen-bond acceptors (Lipinski definition) is 7. The Morgan fingerprint density at radius 2 is 1.92 bits per heavy atom. The topological polar surface area (TPSA) is 85.8 Å². The van der Waals surface area contributed by atoms with Gasteiger partial charge in [-0.3, -0.25) is 9.78 Å². The molecule has 0 unspecified atom stereocenters. The third-order valence-electron chi connectivity index (χ3n) is 5.80. The van der Waals surface area contributed by atoms with Gasteiger partial charge in [0.1, 0.15) is 5.75 Å². The zero-order valence-electron chi connectivity index (χ0n) is 20.8. The molecule has 1 N–H and O–H groups in total. The summed E-state index contributed by atoms with van der Waals surface area (Å²) in [4.78, 5) is 22.8. The zero-order valence-corrected chi connectivity index (χ0v) is 20.8. The molecule has 0 saturated carbocycles. The van der Waals surface area contributed by atoms with Gasteiger partial charge in [-0.25, -0.2) is 4.98 Å². The number of amides is 1. The van der Waals surface area contributed by atoms with Crippen molar-refractivity contribution in [3.8, 4) is 23.1 Å². The quantitative estimate of drug-likeness (QED) is 0.406. The molecule has 0 aliphatic heterocycles. The summed E-state index contributed by atoms with van der Waals surface area (Å²) in [5, 5.41) is 4.01. The number of ether oxygens (including phenoxy) is 3. The summed E-state index contributed by atoms with van der Waals surface area (Å²) < 4.78 is 16.8. The highest BCUT2D eigenvalue weighted by molar-refractivity contribution is 5.88. The summed E-state index contributed by atoms with van der Waals surface area (Å²) >= 11 is 0. The van der Waals surface area contributed by atoms with Crippen LogP contribution in [0.25, 0.3) is 10.9 Å². The molecule has 2 aromatic heterocycles.